The molecule has 0 aromatic heterocycles. The summed E-state index contributed by atoms with van der Waals surface area (Å²) >= 11 is 12.1. The molecule has 2 aromatic rings. The van der Waals surface area contributed by atoms with Crippen molar-refractivity contribution in [2.75, 3.05) is 13.1 Å². The summed E-state index contributed by atoms with van der Waals surface area (Å²) in [4.78, 5) is 27.0. The lowest BCUT2D eigenvalue weighted by atomic mass is 10.1. The van der Waals surface area contributed by atoms with E-state index >= 15 is 0 Å². The molecule has 1 aliphatic heterocycles. The Morgan fingerprint density at radius 1 is 1.18 bits per heavy atom. The first-order valence-corrected chi connectivity index (χ1v) is 9.99. The average molecular weight is 421 g/mol. The Balaban J connectivity index is 1.58. The highest BCUT2D eigenvalue weighted by atomic mass is 35.5. The first-order chi connectivity index (χ1) is 13.5. The van der Waals surface area contributed by atoms with E-state index in [1.54, 1.807) is 17.0 Å². The highest BCUT2D eigenvalue weighted by Gasteiger charge is 2.35. The maximum absolute atomic E-state index is 12.9. The molecule has 0 saturated carbocycles. The van der Waals surface area contributed by atoms with Crippen LogP contribution in [-0.2, 0) is 4.79 Å². The number of nitrogens with one attached hydrogen (secondary N) is 1. The van der Waals surface area contributed by atoms with Gasteiger partial charge in [0.2, 0.25) is 5.91 Å². The topological polar surface area (TPSA) is 69.6 Å². The monoisotopic (exact) mass is 420 g/mol. The maximum Gasteiger partial charge on any atom is 0.256 e. The Hall–Kier alpha value is -2.08. The van der Waals surface area contributed by atoms with Gasteiger partial charge in [0.25, 0.3) is 5.91 Å². The predicted molar refractivity (Wildman–Crippen MR) is 110 cm³/mol. The highest BCUT2D eigenvalue weighted by Crippen LogP contribution is 2.26. The first kappa shape index (κ1) is 20.6. The summed E-state index contributed by atoms with van der Waals surface area (Å²) in [7, 11) is 0. The van der Waals surface area contributed by atoms with E-state index < -0.39 is 12.1 Å². The molecule has 1 fully saturated rings. The zero-order chi connectivity index (χ0) is 20.1. The van der Waals surface area contributed by atoms with Crippen LogP contribution in [0, 0.1) is 0 Å². The summed E-state index contributed by atoms with van der Waals surface area (Å²) in [5.74, 6) is -0.515. The third kappa shape index (κ3) is 4.85. The van der Waals surface area contributed by atoms with Crippen LogP contribution >= 0.6 is 23.2 Å². The van der Waals surface area contributed by atoms with Crippen LogP contribution in [0.4, 0.5) is 0 Å². The van der Waals surface area contributed by atoms with Crippen molar-refractivity contribution < 1.29 is 14.7 Å². The zero-order valence-corrected chi connectivity index (χ0v) is 16.8. The number of benzene rings is 2. The maximum atomic E-state index is 12.9. The summed E-state index contributed by atoms with van der Waals surface area (Å²) in [5.41, 5.74) is 1.11. The number of hydrogen-bond donors (Lipinski definition) is 2. The number of amides is 2. The number of aliphatic hydroxyl groups is 1. The Morgan fingerprint density at radius 2 is 1.93 bits per heavy atom. The minimum absolute atomic E-state index is 0.218. The number of nitrogens with zero attached hydrogens (tertiary/aromatic N) is 1. The molecule has 0 radical (unpaired) electrons. The molecule has 3 rings (SSSR count). The Bertz CT molecular complexity index is 845. The minimum Gasteiger partial charge on any atom is -0.388 e. The Labute approximate surface area is 174 Å². The predicted octanol–water partition coefficient (Wildman–Crippen LogP) is 3.84. The number of aliphatic hydroxyl groups excluding tert-OH is 1. The van der Waals surface area contributed by atoms with Crippen LogP contribution in [-0.4, -0.2) is 41.0 Å². The second-order valence-corrected chi connectivity index (χ2v) is 7.63. The Morgan fingerprint density at radius 3 is 2.68 bits per heavy atom. The van der Waals surface area contributed by atoms with Gasteiger partial charge < -0.3 is 15.3 Å². The smallest absolute Gasteiger partial charge is 0.256 e. The lowest BCUT2D eigenvalue weighted by Crippen LogP contribution is -2.46. The van der Waals surface area contributed by atoms with Crippen molar-refractivity contribution in [2.24, 2.45) is 0 Å². The van der Waals surface area contributed by atoms with Crippen LogP contribution in [0.5, 0.6) is 0 Å². The molecule has 148 valence electrons. The van der Waals surface area contributed by atoms with Crippen LogP contribution in [0.3, 0.4) is 0 Å². The molecule has 0 spiro atoms. The molecule has 2 amide bonds. The van der Waals surface area contributed by atoms with E-state index in [1.807, 2.05) is 30.3 Å². The molecule has 5 nitrogen and oxygen atoms in total. The summed E-state index contributed by atoms with van der Waals surface area (Å²) < 4.78 is 0. The molecule has 1 aliphatic rings. The number of carbonyl (C=O) groups is 2. The number of carbonyl (C=O) groups excluding carboxylic acids is 2. The van der Waals surface area contributed by atoms with Gasteiger partial charge in [0, 0.05) is 18.1 Å². The molecule has 0 bridgehead atoms. The second kappa shape index (κ2) is 9.41. The van der Waals surface area contributed by atoms with Crippen molar-refractivity contribution >= 4 is 35.0 Å². The van der Waals surface area contributed by atoms with Crippen molar-refractivity contribution in [3.63, 3.8) is 0 Å². The third-order valence-corrected chi connectivity index (χ3v) is 5.44. The fourth-order valence-corrected chi connectivity index (χ4v) is 3.76. The normalized spacial score (nSPS) is 17.4. The molecule has 1 heterocycles. The molecular formula is C21H22Cl2N2O3. The van der Waals surface area contributed by atoms with Crippen molar-refractivity contribution in [1.29, 1.82) is 0 Å². The van der Waals surface area contributed by atoms with Gasteiger partial charge in [-0.05, 0) is 43.0 Å². The molecule has 2 atom stereocenters. The van der Waals surface area contributed by atoms with Crippen molar-refractivity contribution in [3.8, 4) is 0 Å². The summed E-state index contributed by atoms with van der Waals surface area (Å²) in [6.45, 7) is 0.817. The lowest BCUT2D eigenvalue weighted by molar-refractivity contribution is -0.124. The molecular weight excluding hydrogens is 399 g/mol. The van der Waals surface area contributed by atoms with Gasteiger partial charge in [0.15, 0.2) is 0 Å². The van der Waals surface area contributed by atoms with Crippen molar-refractivity contribution in [3.05, 3.63) is 69.7 Å². The van der Waals surface area contributed by atoms with Gasteiger partial charge in [-0.15, -0.1) is 0 Å². The van der Waals surface area contributed by atoms with Crippen molar-refractivity contribution in [2.45, 2.75) is 31.4 Å². The average Bonchev–Trinajstić information content (AvgIpc) is 3.19. The van der Waals surface area contributed by atoms with Gasteiger partial charge >= 0.3 is 0 Å². The SMILES string of the molecule is O=C(NCC[C@@H](O)c1ccccc1)[C@@H]1CCCN1C(=O)c1cc(Cl)ccc1Cl. The summed E-state index contributed by atoms with van der Waals surface area (Å²) in [6, 6.07) is 13.5. The van der Waals surface area contributed by atoms with Crippen LogP contribution in [0.1, 0.15) is 41.3 Å². The highest BCUT2D eigenvalue weighted by molar-refractivity contribution is 6.35. The van der Waals surface area contributed by atoms with E-state index in [9.17, 15) is 14.7 Å². The van der Waals surface area contributed by atoms with E-state index in [-0.39, 0.29) is 11.8 Å². The quantitative estimate of drug-likeness (QED) is 0.745. The first-order valence-electron chi connectivity index (χ1n) is 9.24. The van der Waals surface area contributed by atoms with Crippen LogP contribution in [0.2, 0.25) is 10.0 Å². The second-order valence-electron chi connectivity index (χ2n) is 6.79. The summed E-state index contributed by atoms with van der Waals surface area (Å²) in [5, 5.41) is 13.8. The van der Waals surface area contributed by atoms with E-state index in [0.717, 1.165) is 12.0 Å². The van der Waals surface area contributed by atoms with Gasteiger partial charge in [-0.2, -0.15) is 0 Å². The van der Waals surface area contributed by atoms with Gasteiger partial charge in [0.05, 0.1) is 16.7 Å². The molecule has 1 saturated heterocycles. The van der Waals surface area contributed by atoms with Crippen LogP contribution in [0.15, 0.2) is 48.5 Å². The summed E-state index contributed by atoms with van der Waals surface area (Å²) in [6.07, 6.45) is 1.09. The molecule has 0 unspecified atom stereocenters. The van der Waals surface area contributed by atoms with Gasteiger partial charge in [-0.25, -0.2) is 0 Å². The third-order valence-electron chi connectivity index (χ3n) is 4.88. The van der Waals surface area contributed by atoms with Gasteiger partial charge in [0.1, 0.15) is 6.04 Å². The fourth-order valence-electron chi connectivity index (χ4n) is 3.39. The fraction of sp³-hybridized carbons (Fsp3) is 0.333. The Kier molecular flexibility index (Phi) is 6.94. The van der Waals surface area contributed by atoms with Gasteiger partial charge in [-0.3, -0.25) is 9.59 Å². The van der Waals surface area contributed by atoms with Crippen molar-refractivity contribution in [1.82, 2.24) is 10.2 Å². The lowest BCUT2D eigenvalue weighted by Gasteiger charge is -2.24. The van der Waals surface area contributed by atoms with Gasteiger partial charge in [-0.1, -0.05) is 53.5 Å². The molecule has 28 heavy (non-hydrogen) atoms. The van der Waals surface area contributed by atoms with E-state index in [0.29, 0.717) is 41.5 Å². The van der Waals surface area contributed by atoms with E-state index in [4.69, 9.17) is 23.2 Å². The molecule has 7 heteroatoms. The van der Waals surface area contributed by atoms with Crippen LogP contribution in [0.25, 0.3) is 0 Å². The van der Waals surface area contributed by atoms with Crippen LogP contribution < -0.4 is 5.32 Å². The largest absolute Gasteiger partial charge is 0.388 e. The number of halogens is 2. The zero-order valence-electron chi connectivity index (χ0n) is 15.3. The minimum atomic E-state index is -0.645. The number of likely N-dealkylation sites (tertiary alicyclic amines) is 1. The molecule has 0 aliphatic carbocycles. The molecule has 2 N–H and O–H groups in total. The molecule has 2 aromatic carbocycles. The number of rotatable bonds is 6. The number of hydrogen-bond acceptors (Lipinski definition) is 3. The van der Waals surface area contributed by atoms with E-state index in [2.05, 4.69) is 5.32 Å². The van der Waals surface area contributed by atoms with E-state index in [1.165, 1.54) is 6.07 Å². The standard InChI is InChI=1S/C21H22Cl2N2O3/c22-15-8-9-17(23)16(13-15)21(28)25-12-4-7-18(25)20(27)24-11-10-19(26)14-5-2-1-3-6-14/h1-3,5-6,8-9,13,18-19,26H,4,7,10-12H2,(H,24,27)/t18-,19+/m0/s1.